The number of hydrogen-bond donors (Lipinski definition) is 1. The highest BCUT2D eigenvalue weighted by Crippen LogP contribution is 2.30. The Labute approximate surface area is 76.3 Å². The van der Waals surface area contributed by atoms with Crippen molar-refractivity contribution in [2.75, 3.05) is 26.7 Å². The van der Waals surface area contributed by atoms with Gasteiger partial charge in [0, 0.05) is 19.1 Å². The van der Waals surface area contributed by atoms with Gasteiger partial charge in [-0.1, -0.05) is 13.8 Å². The molecule has 0 heterocycles. The van der Waals surface area contributed by atoms with Crippen molar-refractivity contribution in [2.24, 2.45) is 5.92 Å². The Hall–Kier alpha value is -0.0800. The van der Waals surface area contributed by atoms with Gasteiger partial charge in [-0.2, -0.15) is 0 Å². The average molecular weight is 170 g/mol. The van der Waals surface area contributed by atoms with Gasteiger partial charge in [0.25, 0.3) is 0 Å². The Kier molecular flexibility index (Phi) is 4.02. The van der Waals surface area contributed by atoms with Crippen LogP contribution in [-0.4, -0.2) is 37.6 Å². The average Bonchev–Trinajstić information content (AvgIpc) is 2.02. The minimum atomic E-state index is 0.887. The normalized spacial score (nSPS) is 29.0. The van der Waals surface area contributed by atoms with Crippen molar-refractivity contribution < 1.29 is 0 Å². The number of nitrogens with one attached hydrogen (secondary N) is 1. The minimum absolute atomic E-state index is 0.887. The highest BCUT2D eigenvalue weighted by atomic mass is 15.2. The summed E-state index contributed by atoms with van der Waals surface area (Å²) in [5.74, 6) is 0.971. The fourth-order valence-corrected chi connectivity index (χ4v) is 2.01. The zero-order valence-corrected chi connectivity index (χ0v) is 8.64. The second-order valence-corrected chi connectivity index (χ2v) is 3.96. The molecule has 0 aliphatic heterocycles. The van der Waals surface area contributed by atoms with Gasteiger partial charge in [-0.25, -0.2) is 0 Å². The van der Waals surface area contributed by atoms with E-state index in [1.807, 2.05) is 7.05 Å². The molecule has 2 nitrogen and oxygen atoms in total. The van der Waals surface area contributed by atoms with Gasteiger partial charge >= 0.3 is 0 Å². The van der Waals surface area contributed by atoms with Crippen LogP contribution < -0.4 is 5.32 Å². The summed E-state index contributed by atoms with van der Waals surface area (Å²) in [7, 11) is 2.03. The van der Waals surface area contributed by atoms with Crippen molar-refractivity contribution in [1.29, 1.82) is 0 Å². The molecule has 1 aliphatic carbocycles. The third-order valence-electron chi connectivity index (χ3n) is 2.92. The molecule has 1 aliphatic rings. The van der Waals surface area contributed by atoms with Crippen LogP contribution in [0.5, 0.6) is 0 Å². The Morgan fingerprint density at radius 3 is 2.50 bits per heavy atom. The molecule has 1 saturated carbocycles. The largest absolute Gasteiger partial charge is 0.318 e. The zero-order chi connectivity index (χ0) is 8.97. The molecule has 12 heavy (non-hydrogen) atoms. The molecule has 1 fully saturated rings. The highest BCUT2D eigenvalue weighted by molar-refractivity contribution is 4.84. The van der Waals surface area contributed by atoms with Gasteiger partial charge in [0.2, 0.25) is 0 Å². The lowest BCUT2D eigenvalue weighted by Gasteiger charge is -2.41. The lowest BCUT2D eigenvalue weighted by Crippen LogP contribution is -2.46. The number of rotatable bonds is 5. The Balaban J connectivity index is 2.16. The van der Waals surface area contributed by atoms with Crippen molar-refractivity contribution in [3.05, 3.63) is 0 Å². The summed E-state index contributed by atoms with van der Waals surface area (Å²) < 4.78 is 0. The zero-order valence-electron chi connectivity index (χ0n) is 8.64. The van der Waals surface area contributed by atoms with Crippen LogP contribution >= 0.6 is 0 Å². The fraction of sp³-hybridized carbons (Fsp3) is 1.00. The van der Waals surface area contributed by atoms with E-state index in [1.165, 1.54) is 25.9 Å². The van der Waals surface area contributed by atoms with E-state index in [1.54, 1.807) is 0 Å². The number of hydrogen-bond acceptors (Lipinski definition) is 2. The maximum Gasteiger partial charge on any atom is 0.0110 e. The third-order valence-corrected chi connectivity index (χ3v) is 2.92. The molecule has 0 saturated heterocycles. The molecular formula is C10H22N2. The molecule has 0 aromatic heterocycles. The molecule has 0 spiro atoms. The second-order valence-electron chi connectivity index (χ2n) is 3.96. The summed E-state index contributed by atoms with van der Waals surface area (Å²) in [6, 6.07) is 0.887. The van der Waals surface area contributed by atoms with E-state index in [4.69, 9.17) is 0 Å². The summed E-state index contributed by atoms with van der Waals surface area (Å²) in [5, 5.41) is 3.21. The van der Waals surface area contributed by atoms with Crippen LogP contribution in [0.3, 0.4) is 0 Å². The molecule has 0 radical (unpaired) electrons. The van der Waals surface area contributed by atoms with E-state index < -0.39 is 0 Å². The molecule has 1 N–H and O–H groups in total. The third kappa shape index (κ3) is 2.46. The molecule has 0 aromatic rings. The lowest BCUT2D eigenvalue weighted by atomic mass is 9.81. The van der Waals surface area contributed by atoms with Gasteiger partial charge in [-0.05, 0) is 32.4 Å². The summed E-state index contributed by atoms with van der Waals surface area (Å²) in [6.45, 7) is 8.16. The topological polar surface area (TPSA) is 15.3 Å². The highest BCUT2D eigenvalue weighted by Gasteiger charge is 2.29. The molecule has 0 aromatic carbocycles. The fourth-order valence-electron chi connectivity index (χ4n) is 2.01. The summed E-state index contributed by atoms with van der Waals surface area (Å²) in [4.78, 5) is 2.59. The maximum atomic E-state index is 3.21. The summed E-state index contributed by atoms with van der Waals surface area (Å²) in [5.41, 5.74) is 0. The molecular weight excluding hydrogens is 148 g/mol. The summed E-state index contributed by atoms with van der Waals surface area (Å²) >= 11 is 0. The van der Waals surface area contributed by atoms with Crippen LogP contribution in [0.25, 0.3) is 0 Å². The monoisotopic (exact) mass is 170 g/mol. The van der Waals surface area contributed by atoms with Gasteiger partial charge in [0.15, 0.2) is 0 Å². The van der Waals surface area contributed by atoms with Crippen molar-refractivity contribution in [2.45, 2.75) is 32.7 Å². The van der Waals surface area contributed by atoms with E-state index >= 15 is 0 Å². The molecule has 0 unspecified atom stereocenters. The predicted octanol–water partition coefficient (Wildman–Crippen LogP) is 1.33. The number of likely N-dealkylation sites (N-methyl/N-ethyl adjacent to an activating group) is 2. The molecule has 0 amide bonds. The van der Waals surface area contributed by atoms with Gasteiger partial charge in [0.05, 0.1) is 0 Å². The standard InChI is InChI=1S/C10H22N2/c1-4-12(6-5-11-3)10-7-9(2)8-10/h9-11H,4-8H2,1-3H3. The molecule has 0 atom stereocenters. The van der Waals surface area contributed by atoms with Crippen LogP contribution in [0.4, 0.5) is 0 Å². The predicted molar refractivity (Wildman–Crippen MR) is 53.4 cm³/mol. The lowest BCUT2D eigenvalue weighted by molar-refractivity contribution is 0.0924. The van der Waals surface area contributed by atoms with Crippen LogP contribution in [0.1, 0.15) is 26.7 Å². The Morgan fingerprint density at radius 1 is 1.42 bits per heavy atom. The quantitative estimate of drug-likeness (QED) is 0.669. The first-order valence-electron chi connectivity index (χ1n) is 5.16. The van der Waals surface area contributed by atoms with Crippen molar-refractivity contribution in [3.8, 4) is 0 Å². The van der Waals surface area contributed by atoms with Gasteiger partial charge < -0.3 is 5.32 Å². The summed E-state index contributed by atoms with van der Waals surface area (Å²) in [6.07, 6.45) is 2.83. The Morgan fingerprint density at radius 2 is 2.08 bits per heavy atom. The first-order valence-corrected chi connectivity index (χ1v) is 5.16. The first kappa shape index (κ1) is 10.0. The second kappa shape index (κ2) is 4.83. The molecule has 72 valence electrons. The van der Waals surface area contributed by atoms with E-state index in [-0.39, 0.29) is 0 Å². The van der Waals surface area contributed by atoms with Crippen molar-refractivity contribution in [3.63, 3.8) is 0 Å². The van der Waals surface area contributed by atoms with E-state index in [9.17, 15) is 0 Å². The van der Waals surface area contributed by atoms with Gasteiger partial charge in [-0.15, -0.1) is 0 Å². The van der Waals surface area contributed by atoms with Crippen LogP contribution in [0.15, 0.2) is 0 Å². The molecule has 0 bridgehead atoms. The van der Waals surface area contributed by atoms with Crippen LogP contribution in [0, 0.1) is 5.92 Å². The maximum absolute atomic E-state index is 3.21. The number of nitrogens with zero attached hydrogens (tertiary/aromatic N) is 1. The SMILES string of the molecule is CCN(CCNC)C1CC(C)C1. The van der Waals surface area contributed by atoms with Crippen molar-refractivity contribution >= 4 is 0 Å². The molecule has 1 rings (SSSR count). The van der Waals surface area contributed by atoms with E-state index in [0.29, 0.717) is 0 Å². The van der Waals surface area contributed by atoms with Crippen molar-refractivity contribution in [1.82, 2.24) is 10.2 Å². The van der Waals surface area contributed by atoms with E-state index in [0.717, 1.165) is 18.5 Å². The minimum Gasteiger partial charge on any atom is -0.318 e. The van der Waals surface area contributed by atoms with E-state index in [2.05, 4.69) is 24.1 Å². The smallest absolute Gasteiger partial charge is 0.0110 e. The van der Waals surface area contributed by atoms with Crippen LogP contribution in [-0.2, 0) is 0 Å². The van der Waals surface area contributed by atoms with Gasteiger partial charge in [-0.3, -0.25) is 4.90 Å². The Bertz CT molecular complexity index is 119. The van der Waals surface area contributed by atoms with Gasteiger partial charge in [0.1, 0.15) is 0 Å². The molecule has 2 heteroatoms. The first-order chi connectivity index (χ1) is 5.77. The van der Waals surface area contributed by atoms with Crippen LogP contribution in [0.2, 0.25) is 0 Å².